The molecule has 0 aliphatic carbocycles. The Morgan fingerprint density at radius 3 is 1.15 bits per heavy atom. The van der Waals surface area contributed by atoms with Gasteiger partial charge in [-0.3, -0.25) is 14.4 Å². The largest absolute Gasteiger partial charge is 0.394 e. The SMILES string of the molecule is CC(=O)N[C@H]1[C@H](OC[C@H]2O[C@@H](O[C@@H]([C@@H](O)[C@H](O)CO)[C@H](CO)NC(C)=O)[C@H](O)[C@@H](O[C@@H]3O[C@H](CO)[C@@H](O[C@@H]4O[C@H](CO)[C@H](O)[C@H](O)[C@H]4O[C@@H]4O[C@@H](C)[C@@H](O)[C@@H](O)[C@@H]4O)[C@H](O[C@@H]4O[C@@H](C)[C@@H](O)[C@@H](O)[C@@H]4O)[C@H]3NC(C)=O)[C@H]2O)O[C@H](CO)[C@@H](O[C@@H]2O[C@H](CO)[C@H](O)[C@H](O)[C@H]2O[C@@H]2O[C@@H](C)[C@@H](O)[C@@H](O)[C@@H]2O)[C@@H]1O. The van der Waals surface area contributed by atoms with Gasteiger partial charge in [0.05, 0.1) is 70.6 Å². The maximum atomic E-state index is 13.6. The molecular formula is C60H103N3O43. The van der Waals surface area contributed by atoms with Crippen LogP contribution in [0.4, 0.5) is 0 Å². The Kier molecular flexibility index (Phi) is 32.1. The van der Waals surface area contributed by atoms with E-state index in [1.165, 1.54) is 20.8 Å². The van der Waals surface area contributed by atoms with Crippen molar-refractivity contribution in [3.63, 3.8) is 0 Å². The fourth-order valence-corrected chi connectivity index (χ4v) is 13.5. The molecule has 0 radical (unpaired) electrons. The van der Waals surface area contributed by atoms with E-state index in [1.807, 2.05) is 0 Å². The first-order valence-electron chi connectivity index (χ1n) is 34.1. The van der Waals surface area contributed by atoms with Crippen molar-refractivity contribution in [2.24, 2.45) is 0 Å². The number of hydrogen-bond acceptors (Lipinski definition) is 43. The lowest BCUT2D eigenvalue weighted by atomic mass is 9.93. The van der Waals surface area contributed by atoms with E-state index in [1.54, 1.807) is 0 Å². The van der Waals surface area contributed by atoms with Gasteiger partial charge in [0.25, 0.3) is 0 Å². The second-order valence-electron chi connectivity index (χ2n) is 27.1. The lowest BCUT2D eigenvalue weighted by Gasteiger charge is -2.52. The van der Waals surface area contributed by atoms with Crippen LogP contribution in [0.3, 0.4) is 0 Å². The fourth-order valence-electron chi connectivity index (χ4n) is 13.5. The molecule has 0 aromatic heterocycles. The molecule has 8 aliphatic heterocycles. The van der Waals surface area contributed by atoms with Gasteiger partial charge in [-0.05, 0) is 20.8 Å². The minimum Gasteiger partial charge on any atom is -0.394 e. The third-order valence-electron chi connectivity index (χ3n) is 19.5. The van der Waals surface area contributed by atoms with Gasteiger partial charge in [0.2, 0.25) is 17.7 Å². The third kappa shape index (κ3) is 19.7. The number of nitrogens with one attached hydrogen (secondary N) is 3. The smallest absolute Gasteiger partial charge is 0.217 e. The summed E-state index contributed by atoms with van der Waals surface area (Å²) in [6.45, 7) is -1.34. The van der Waals surface area contributed by atoms with Crippen LogP contribution in [0.1, 0.15) is 41.5 Å². The highest BCUT2D eigenvalue weighted by atomic mass is 16.8. The average Bonchev–Trinajstić information content (AvgIpc) is 0.762. The Bertz CT molecular complexity index is 2730. The standard InChI is InChI=1S/C60H103N3O43/c1-14-29(74)37(82)42(87)55(92-14)103-49-28(63-19(6)72)54(98-25(12-69)48(49)102-60-52(41(86)34(79)23(10-67)96-60)106-57-44(89)39(84)31(76)16(3)94-57)104-50-35(80)26(99-58(45(50)90)100-46(32(77)21(73)8-65)20(7-64)61-17(4)70)13-91-53-27(62-18(5)71)36(81)47(24(11-68)97-53)101-59-51(40(85)33(78)22(9-66)95-59)105-56-43(88)38(83)30(75)15(2)93-56/h14-16,20-60,64-69,73-90H,7-13H2,1-6H3,(H,61,70)(H,62,71)(H,63,72)/t14-,15-,16-,20-,21+,22+,23+,24+,25+,26+,27+,28+,29+,30+,31+,32-,33-,34-,35-,36+,37+,38+,39+,40-,41-,42-,43-,44-,45+,46+,47+,48+,49+,50-,51+,52+,53+,54-,55-,56-,57-,58-,59-,60-/m0/s1. The molecule has 106 heavy (non-hydrogen) atoms. The second-order valence-corrected chi connectivity index (χ2v) is 27.1. The van der Waals surface area contributed by atoms with Gasteiger partial charge in [-0.15, -0.1) is 0 Å². The van der Waals surface area contributed by atoms with Crippen LogP contribution in [0.2, 0.25) is 0 Å². The summed E-state index contributed by atoms with van der Waals surface area (Å²) in [5.74, 6) is -2.85. The molecule has 8 rings (SSSR count). The molecule has 616 valence electrons. The molecule has 46 nitrogen and oxygen atoms in total. The van der Waals surface area contributed by atoms with Crippen molar-refractivity contribution in [3.05, 3.63) is 0 Å². The van der Waals surface area contributed by atoms with Gasteiger partial charge in [-0.25, -0.2) is 0 Å². The normalized spacial score (nSPS) is 47.9. The lowest BCUT2D eigenvalue weighted by molar-refractivity contribution is -0.400. The molecule has 8 saturated heterocycles. The summed E-state index contributed by atoms with van der Waals surface area (Å²) in [6.07, 6.45) is -82.6. The Morgan fingerprint density at radius 1 is 0.340 bits per heavy atom. The van der Waals surface area contributed by atoms with Crippen LogP contribution in [0.5, 0.6) is 0 Å². The van der Waals surface area contributed by atoms with Crippen LogP contribution in [0.15, 0.2) is 0 Å². The first kappa shape index (κ1) is 88.4. The lowest BCUT2D eigenvalue weighted by Crippen LogP contribution is -2.71. The van der Waals surface area contributed by atoms with Gasteiger partial charge in [0.15, 0.2) is 50.3 Å². The van der Waals surface area contributed by atoms with Crippen LogP contribution in [0.25, 0.3) is 0 Å². The quantitative estimate of drug-likeness (QED) is 0.0331. The summed E-state index contributed by atoms with van der Waals surface area (Å²) in [4.78, 5) is 39.2. The Morgan fingerprint density at radius 2 is 0.726 bits per heavy atom. The molecule has 0 spiro atoms. The minimum atomic E-state index is -2.53. The minimum absolute atomic E-state index is 0.894. The molecule has 46 heteroatoms. The maximum absolute atomic E-state index is 13.6. The predicted octanol–water partition coefficient (Wildman–Crippen LogP) is -17.5. The topological polar surface area (TPSA) is 721 Å². The molecule has 27 N–H and O–H groups in total. The Balaban J connectivity index is 1.16. The van der Waals surface area contributed by atoms with Crippen LogP contribution in [-0.4, -0.2) is 456 Å². The third-order valence-corrected chi connectivity index (χ3v) is 19.5. The highest BCUT2D eigenvalue weighted by Crippen LogP contribution is 2.40. The molecular weight excluding hydrogens is 1450 g/mol. The monoisotopic (exact) mass is 1550 g/mol. The summed E-state index contributed by atoms with van der Waals surface area (Å²) in [7, 11) is 0. The molecule has 0 aromatic rings. The fraction of sp³-hybridized carbons (Fsp3) is 0.950. The summed E-state index contributed by atoms with van der Waals surface area (Å²) >= 11 is 0. The van der Waals surface area contributed by atoms with Crippen molar-refractivity contribution in [2.75, 3.05) is 46.2 Å². The number of carbonyl (C=O) groups is 3. The average molecular weight is 1550 g/mol. The highest BCUT2D eigenvalue weighted by Gasteiger charge is 2.61. The van der Waals surface area contributed by atoms with Crippen molar-refractivity contribution in [1.29, 1.82) is 0 Å². The molecule has 0 unspecified atom stereocenters. The Labute approximate surface area is 602 Å². The predicted molar refractivity (Wildman–Crippen MR) is 330 cm³/mol. The van der Waals surface area contributed by atoms with Crippen LogP contribution in [0, 0.1) is 0 Å². The van der Waals surface area contributed by atoms with Gasteiger partial charge in [0, 0.05) is 20.8 Å². The first-order chi connectivity index (χ1) is 50.0. The van der Waals surface area contributed by atoms with Crippen molar-refractivity contribution < 1.29 is 213 Å². The van der Waals surface area contributed by atoms with Crippen molar-refractivity contribution >= 4 is 17.7 Å². The molecule has 8 fully saturated rings. The van der Waals surface area contributed by atoms with Gasteiger partial charge in [-0.2, -0.15) is 0 Å². The van der Waals surface area contributed by atoms with Crippen molar-refractivity contribution in [1.82, 2.24) is 16.0 Å². The summed E-state index contributed by atoms with van der Waals surface area (Å²) in [5.41, 5.74) is 0. The zero-order valence-corrected chi connectivity index (χ0v) is 57.8. The number of carbonyl (C=O) groups excluding carboxylic acids is 3. The van der Waals surface area contributed by atoms with Crippen LogP contribution < -0.4 is 16.0 Å². The van der Waals surface area contributed by atoms with Gasteiger partial charge in [-0.1, -0.05) is 0 Å². The first-order valence-corrected chi connectivity index (χ1v) is 34.1. The highest BCUT2D eigenvalue weighted by molar-refractivity contribution is 5.74. The van der Waals surface area contributed by atoms with Gasteiger partial charge < -0.3 is 214 Å². The second kappa shape index (κ2) is 38.6. The number of aliphatic hydroxyl groups is 24. The van der Waals surface area contributed by atoms with E-state index in [-0.39, 0.29) is 0 Å². The number of ether oxygens (including phenoxy) is 16. The number of aliphatic hydroxyl groups excluding tert-OH is 24. The van der Waals surface area contributed by atoms with Gasteiger partial charge >= 0.3 is 0 Å². The molecule has 8 aliphatic rings. The van der Waals surface area contributed by atoms with E-state index in [0.717, 1.165) is 20.8 Å². The zero-order valence-electron chi connectivity index (χ0n) is 57.8. The Hall–Kier alpha value is -3.19. The summed E-state index contributed by atoms with van der Waals surface area (Å²) in [6, 6.07) is -5.75. The van der Waals surface area contributed by atoms with Crippen LogP contribution in [-0.2, 0) is 90.2 Å². The zero-order chi connectivity index (χ0) is 78.5. The molecule has 3 amide bonds. The number of hydrogen-bond donors (Lipinski definition) is 27. The molecule has 44 atom stereocenters. The van der Waals surface area contributed by atoms with Crippen molar-refractivity contribution in [2.45, 2.75) is 311 Å². The van der Waals surface area contributed by atoms with Crippen molar-refractivity contribution in [3.8, 4) is 0 Å². The molecule has 8 heterocycles. The van der Waals surface area contributed by atoms with E-state index in [0.29, 0.717) is 0 Å². The summed E-state index contributed by atoms with van der Waals surface area (Å²) in [5, 5.41) is 272. The van der Waals surface area contributed by atoms with E-state index >= 15 is 0 Å². The molecule has 0 aromatic carbocycles. The van der Waals surface area contributed by atoms with E-state index in [2.05, 4.69) is 16.0 Å². The maximum Gasteiger partial charge on any atom is 0.217 e. The molecule has 0 saturated carbocycles. The summed E-state index contributed by atoms with van der Waals surface area (Å²) < 4.78 is 95.9. The number of rotatable bonds is 29. The molecule has 0 bridgehead atoms. The van der Waals surface area contributed by atoms with E-state index in [9.17, 15) is 137 Å². The van der Waals surface area contributed by atoms with Crippen LogP contribution >= 0.6 is 0 Å². The van der Waals surface area contributed by atoms with E-state index < -0.39 is 334 Å². The van der Waals surface area contributed by atoms with Gasteiger partial charge in [0.1, 0.15) is 195 Å². The van der Waals surface area contributed by atoms with E-state index in [4.69, 9.17) is 75.8 Å². The number of amides is 3.